The van der Waals surface area contributed by atoms with Crippen molar-refractivity contribution >= 4 is 0 Å². The van der Waals surface area contributed by atoms with Crippen molar-refractivity contribution in [3.05, 3.63) is 12.4 Å². The molecule has 0 spiro atoms. The molecule has 0 radical (unpaired) electrons. The van der Waals surface area contributed by atoms with Crippen molar-refractivity contribution in [2.24, 2.45) is 0 Å². The van der Waals surface area contributed by atoms with Crippen LogP contribution < -0.4 is 10.6 Å². The first-order chi connectivity index (χ1) is 5.34. The Labute approximate surface area is 68.5 Å². The highest BCUT2D eigenvalue weighted by molar-refractivity contribution is 4.92. The summed E-state index contributed by atoms with van der Waals surface area (Å²) in [4.78, 5) is 2.22. The number of rotatable bonds is 4. The molecule has 1 aliphatic rings. The van der Waals surface area contributed by atoms with Crippen molar-refractivity contribution in [1.29, 1.82) is 0 Å². The smallest absolute Gasteiger partial charge is 0.0949 e. The maximum atomic E-state index is 3.95. The van der Waals surface area contributed by atoms with Crippen molar-refractivity contribution in [3.8, 4) is 0 Å². The topological polar surface area (TPSA) is 27.3 Å². The zero-order valence-corrected chi connectivity index (χ0v) is 7.19. The third kappa shape index (κ3) is 2.42. The molecule has 0 unspecified atom stereocenters. The van der Waals surface area contributed by atoms with Crippen LogP contribution in [0, 0.1) is 0 Å². The van der Waals surface area contributed by atoms with E-state index in [-0.39, 0.29) is 0 Å². The number of hydrogen-bond donors (Lipinski definition) is 2. The van der Waals surface area contributed by atoms with E-state index in [0.717, 1.165) is 38.5 Å². The predicted octanol–water partition coefficient (Wildman–Crippen LogP) is 0.320. The lowest BCUT2D eigenvalue weighted by Crippen LogP contribution is -2.30. The first-order valence-electron chi connectivity index (χ1n) is 4.23. The van der Waals surface area contributed by atoms with Crippen LogP contribution in [0.4, 0.5) is 0 Å². The normalized spacial score (nSPS) is 17.0. The van der Waals surface area contributed by atoms with Gasteiger partial charge in [-0.3, -0.25) is 5.32 Å². The molecule has 64 valence electrons. The summed E-state index contributed by atoms with van der Waals surface area (Å²) >= 11 is 0. The second-order valence-electron chi connectivity index (χ2n) is 2.80. The van der Waals surface area contributed by atoms with E-state index < -0.39 is 0 Å². The predicted molar refractivity (Wildman–Crippen MR) is 47.0 cm³/mol. The fourth-order valence-electron chi connectivity index (χ4n) is 1.12. The minimum atomic E-state index is 0.940. The van der Waals surface area contributed by atoms with Crippen molar-refractivity contribution in [3.63, 3.8) is 0 Å². The van der Waals surface area contributed by atoms with Crippen LogP contribution >= 0.6 is 0 Å². The largest absolute Gasteiger partial charge is 0.372 e. The van der Waals surface area contributed by atoms with Gasteiger partial charge in [-0.25, -0.2) is 0 Å². The third-order valence-electron chi connectivity index (χ3n) is 1.82. The molecule has 1 heterocycles. The molecule has 0 amide bonds. The SMILES string of the molecule is C=C(NCCC)N1CCNC1. The van der Waals surface area contributed by atoms with Gasteiger partial charge >= 0.3 is 0 Å². The molecule has 0 aromatic rings. The Bertz CT molecular complexity index is 127. The lowest BCUT2D eigenvalue weighted by atomic mass is 10.5. The van der Waals surface area contributed by atoms with Crippen LogP contribution in [0.15, 0.2) is 12.4 Å². The van der Waals surface area contributed by atoms with Crippen molar-refractivity contribution in [2.75, 3.05) is 26.3 Å². The standard InChI is InChI=1S/C8H17N3/c1-3-4-10-8(2)11-6-5-9-7-11/h9-10H,2-7H2,1H3. The van der Waals surface area contributed by atoms with E-state index in [1.54, 1.807) is 0 Å². The molecule has 1 rings (SSSR count). The molecular weight excluding hydrogens is 138 g/mol. The van der Waals surface area contributed by atoms with E-state index in [2.05, 4.69) is 29.0 Å². The zero-order chi connectivity index (χ0) is 8.10. The Morgan fingerprint density at radius 3 is 3.09 bits per heavy atom. The molecule has 0 saturated carbocycles. The van der Waals surface area contributed by atoms with Crippen molar-refractivity contribution in [2.45, 2.75) is 13.3 Å². The monoisotopic (exact) mass is 155 g/mol. The van der Waals surface area contributed by atoms with E-state index >= 15 is 0 Å². The lowest BCUT2D eigenvalue weighted by Gasteiger charge is -2.20. The molecule has 1 saturated heterocycles. The third-order valence-corrected chi connectivity index (χ3v) is 1.82. The van der Waals surface area contributed by atoms with Crippen LogP contribution in [-0.2, 0) is 0 Å². The second-order valence-corrected chi connectivity index (χ2v) is 2.80. The van der Waals surface area contributed by atoms with Crippen LogP contribution in [0.5, 0.6) is 0 Å². The minimum absolute atomic E-state index is 0.940. The van der Waals surface area contributed by atoms with Gasteiger partial charge in [0.1, 0.15) is 0 Å². The van der Waals surface area contributed by atoms with Crippen LogP contribution in [0.1, 0.15) is 13.3 Å². The first-order valence-corrected chi connectivity index (χ1v) is 4.23. The van der Waals surface area contributed by atoms with E-state index in [1.807, 2.05) is 0 Å². The van der Waals surface area contributed by atoms with Crippen LogP contribution in [0.2, 0.25) is 0 Å². The average molecular weight is 155 g/mol. The summed E-state index contributed by atoms with van der Waals surface area (Å²) in [5, 5.41) is 6.52. The summed E-state index contributed by atoms with van der Waals surface area (Å²) in [7, 11) is 0. The van der Waals surface area contributed by atoms with E-state index in [9.17, 15) is 0 Å². The molecule has 3 heteroatoms. The van der Waals surface area contributed by atoms with E-state index in [0.29, 0.717) is 0 Å². The summed E-state index contributed by atoms with van der Waals surface area (Å²) in [5.74, 6) is 1.05. The molecule has 1 aliphatic heterocycles. The highest BCUT2D eigenvalue weighted by atomic mass is 15.3. The van der Waals surface area contributed by atoms with Gasteiger partial charge in [-0.15, -0.1) is 0 Å². The maximum absolute atomic E-state index is 3.95. The van der Waals surface area contributed by atoms with E-state index in [4.69, 9.17) is 0 Å². The molecule has 0 bridgehead atoms. The van der Waals surface area contributed by atoms with Crippen molar-refractivity contribution < 1.29 is 0 Å². The Kier molecular flexibility index (Phi) is 3.23. The Morgan fingerprint density at radius 2 is 2.55 bits per heavy atom. The summed E-state index contributed by atoms with van der Waals surface area (Å²) in [6, 6.07) is 0. The fraction of sp³-hybridized carbons (Fsp3) is 0.750. The maximum Gasteiger partial charge on any atom is 0.0949 e. The van der Waals surface area contributed by atoms with Crippen LogP contribution in [0.3, 0.4) is 0 Å². The Balaban J connectivity index is 2.17. The molecule has 0 aliphatic carbocycles. The van der Waals surface area contributed by atoms with E-state index in [1.165, 1.54) is 0 Å². The van der Waals surface area contributed by atoms with Gasteiger partial charge in [-0.2, -0.15) is 0 Å². The van der Waals surface area contributed by atoms with Gasteiger partial charge in [0.25, 0.3) is 0 Å². The number of hydrogen-bond acceptors (Lipinski definition) is 3. The molecular formula is C8H17N3. The Hall–Kier alpha value is -0.700. The van der Waals surface area contributed by atoms with Crippen LogP contribution in [-0.4, -0.2) is 31.2 Å². The number of nitrogens with zero attached hydrogens (tertiary/aromatic N) is 1. The number of nitrogens with one attached hydrogen (secondary N) is 2. The van der Waals surface area contributed by atoms with Gasteiger partial charge in [-0.1, -0.05) is 13.5 Å². The molecule has 0 aromatic heterocycles. The molecule has 1 fully saturated rings. The molecule has 2 N–H and O–H groups in total. The quantitative estimate of drug-likeness (QED) is 0.612. The summed E-state index contributed by atoms with van der Waals surface area (Å²) in [6.07, 6.45) is 1.15. The summed E-state index contributed by atoms with van der Waals surface area (Å²) in [6.45, 7) is 10.2. The van der Waals surface area contributed by atoms with Gasteiger partial charge in [0.15, 0.2) is 0 Å². The molecule has 11 heavy (non-hydrogen) atoms. The first kappa shape index (κ1) is 8.40. The summed E-state index contributed by atoms with van der Waals surface area (Å²) < 4.78 is 0. The highest BCUT2D eigenvalue weighted by Gasteiger charge is 2.10. The minimum Gasteiger partial charge on any atom is -0.372 e. The Morgan fingerprint density at radius 1 is 1.73 bits per heavy atom. The zero-order valence-electron chi connectivity index (χ0n) is 7.19. The molecule has 0 aromatic carbocycles. The van der Waals surface area contributed by atoms with Gasteiger partial charge in [0.2, 0.25) is 0 Å². The lowest BCUT2D eigenvalue weighted by molar-refractivity contribution is 0.387. The van der Waals surface area contributed by atoms with Crippen molar-refractivity contribution in [1.82, 2.24) is 15.5 Å². The molecule has 3 nitrogen and oxygen atoms in total. The highest BCUT2D eigenvalue weighted by Crippen LogP contribution is 1.99. The van der Waals surface area contributed by atoms with Crippen LogP contribution in [0.25, 0.3) is 0 Å². The average Bonchev–Trinajstić information content (AvgIpc) is 2.52. The second kappa shape index (κ2) is 4.23. The summed E-state index contributed by atoms with van der Waals surface area (Å²) in [5.41, 5.74) is 0. The molecule has 0 atom stereocenters. The van der Waals surface area contributed by atoms with Gasteiger partial charge in [-0.05, 0) is 6.42 Å². The van der Waals surface area contributed by atoms with Gasteiger partial charge in [0.05, 0.1) is 12.5 Å². The van der Waals surface area contributed by atoms with Gasteiger partial charge in [0, 0.05) is 19.6 Å². The fourth-order valence-corrected chi connectivity index (χ4v) is 1.12. The van der Waals surface area contributed by atoms with Gasteiger partial charge < -0.3 is 10.2 Å².